The van der Waals surface area contributed by atoms with E-state index < -0.39 is 0 Å². The summed E-state index contributed by atoms with van der Waals surface area (Å²) in [6.07, 6.45) is 0. The van der Waals surface area contributed by atoms with Gasteiger partial charge in [0.1, 0.15) is 0 Å². The number of nitrogens with zero attached hydrogens (tertiary/aromatic N) is 1. The highest BCUT2D eigenvalue weighted by Crippen LogP contribution is 2.41. The van der Waals surface area contributed by atoms with E-state index in [1.54, 1.807) is 0 Å². The Kier molecular flexibility index (Phi) is 5.73. The Morgan fingerprint density at radius 3 is 0.980 bits per heavy atom. The lowest BCUT2D eigenvalue weighted by molar-refractivity contribution is 1.32. The number of pyridine rings is 1. The van der Waals surface area contributed by atoms with Gasteiger partial charge in [-0.2, -0.15) is 0 Å². The summed E-state index contributed by atoms with van der Waals surface area (Å²) in [6.45, 7) is 0. The largest absolute Gasteiger partial charge is 0.248 e. The van der Waals surface area contributed by atoms with E-state index in [-0.39, 0.29) is 0 Å². The highest BCUT2D eigenvalue weighted by Gasteiger charge is 2.14. The first-order valence-corrected chi connectivity index (χ1v) is 17.3. The van der Waals surface area contributed by atoms with Crippen LogP contribution >= 0.6 is 0 Å². The van der Waals surface area contributed by atoms with Crippen LogP contribution in [0.2, 0.25) is 0 Å². The van der Waals surface area contributed by atoms with Crippen molar-refractivity contribution >= 4 is 64.6 Å². The third kappa shape index (κ3) is 4.04. The van der Waals surface area contributed by atoms with E-state index in [0.29, 0.717) is 0 Å². The first-order valence-electron chi connectivity index (χ1n) is 17.3. The molecule has 1 heterocycles. The van der Waals surface area contributed by atoms with Gasteiger partial charge in [-0.15, -0.1) is 0 Å². The molecule has 1 aromatic heterocycles. The van der Waals surface area contributed by atoms with E-state index in [4.69, 9.17) is 4.98 Å². The fraction of sp³-hybridized carbons (Fsp3) is 0. The van der Waals surface area contributed by atoms with Crippen molar-refractivity contribution in [2.24, 2.45) is 0 Å². The minimum Gasteiger partial charge on any atom is -0.248 e. The molecule has 0 aliphatic carbocycles. The molecule has 11 rings (SSSR count). The Hall–Kier alpha value is -6.57. The van der Waals surface area contributed by atoms with Gasteiger partial charge in [-0.1, -0.05) is 164 Å². The van der Waals surface area contributed by atoms with Gasteiger partial charge in [-0.25, -0.2) is 4.98 Å². The summed E-state index contributed by atoms with van der Waals surface area (Å²) in [6, 6.07) is 64.4. The van der Waals surface area contributed by atoms with Crippen LogP contribution in [-0.2, 0) is 0 Å². The van der Waals surface area contributed by atoms with Crippen LogP contribution in [0.1, 0.15) is 0 Å². The van der Waals surface area contributed by atoms with E-state index in [1.807, 2.05) is 0 Å². The van der Waals surface area contributed by atoms with Crippen LogP contribution in [0.15, 0.2) is 176 Å². The fourth-order valence-electron chi connectivity index (χ4n) is 8.37. The molecule has 230 valence electrons. The second-order valence-electron chi connectivity index (χ2n) is 13.5. The summed E-state index contributed by atoms with van der Waals surface area (Å²) in [5.74, 6) is 0. The predicted octanol–water partition coefficient (Wildman–Crippen LogP) is 13.5. The van der Waals surface area contributed by atoms with E-state index in [1.165, 1.54) is 86.9 Å². The van der Waals surface area contributed by atoms with Crippen molar-refractivity contribution in [3.63, 3.8) is 0 Å². The standard InChI is InChI=1S/C49H29N/c1-4-34-18-20-38-22-26-40(42-28-24-36(6-1)46(34)48(38)42)30-10-14-32(15-11-30)44-8-3-9-45(50-44)33-16-12-31(13-17-33)41-27-23-39-21-19-35-5-2-7-37-25-29-43(41)49(39)47(35)37/h1-29H. The molecule has 0 N–H and O–H groups in total. The Balaban J connectivity index is 0.927. The van der Waals surface area contributed by atoms with Gasteiger partial charge in [0.05, 0.1) is 11.4 Å². The molecule has 0 aliphatic heterocycles. The van der Waals surface area contributed by atoms with Crippen molar-refractivity contribution in [2.45, 2.75) is 0 Å². The van der Waals surface area contributed by atoms with Gasteiger partial charge in [0.15, 0.2) is 0 Å². The molecule has 0 spiro atoms. The number of rotatable bonds is 4. The van der Waals surface area contributed by atoms with Crippen molar-refractivity contribution in [1.82, 2.24) is 4.98 Å². The Morgan fingerprint density at radius 1 is 0.240 bits per heavy atom. The first kappa shape index (κ1) is 27.4. The maximum Gasteiger partial charge on any atom is 0.0709 e. The molecule has 0 atom stereocenters. The van der Waals surface area contributed by atoms with Crippen molar-refractivity contribution in [1.29, 1.82) is 0 Å². The number of aromatic nitrogens is 1. The quantitative estimate of drug-likeness (QED) is 0.176. The third-order valence-corrected chi connectivity index (χ3v) is 10.8. The summed E-state index contributed by atoms with van der Waals surface area (Å²) >= 11 is 0. The first-order chi connectivity index (χ1) is 24.8. The molecule has 0 unspecified atom stereocenters. The van der Waals surface area contributed by atoms with Crippen molar-refractivity contribution in [2.75, 3.05) is 0 Å². The molecular formula is C49H29N. The normalized spacial score (nSPS) is 12.0. The van der Waals surface area contributed by atoms with Gasteiger partial charge in [0, 0.05) is 11.1 Å². The molecule has 0 fully saturated rings. The zero-order chi connectivity index (χ0) is 32.8. The van der Waals surface area contributed by atoms with Crippen LogP contribution in [0.3, 0.4) is 0 Å². The van der Waals surface area contributed by atoms with Crippen molar-refractivity contribution in [3.05, 3.63) is 176 Å². The van der Waals surface area contributed by atoms with Crippen LogP contribution in [0.5, 0.6) is 0 Å². The summed E-state index contributed by atoms with van der Waals surface area (Å²) in [5.41, 5.74) is 9.11. The number of hydrogen-bond donors (Lipinski definition) is 0. The predicted molar refractivity (Wildman–Crippen MR) is 213 cm³/mol. The van der Waals surface area contributed by atoms with Crippen LogP contribution in [0.25, 0.3) is 109 Å². The minimum absolute atomic E-state index is 0.972. The van der Waals surface area contributed by atoms with E-state index in [0.717, 1.165) is 22.5 Å². The zero-order valence-corrected chi connectivity index (χ0v) is 27.2. The molecule has 1 nitrogen and oxygen atoms in total. The van der Waals surface area contributed by atoms with Gasteiger partial charge < -0.3 is 0 Å². The number of hydrogen-bond acceptors (Lipinski definition) is 1. The lowest BCUT2D eigenvalue weighted by Gasteiger charge is -2.14. The van der Waals surface area contributed by atoms with Gasteiger partial charge in [0.2, 0.25) is 0 Å². The lowest BCUT2D eigenvalue weighted by Crippen LogP contribution is -1.90. The third-order valence-electron chi connectivity index (χ3n) is 10.8. The molecule has 50 heavy (non-hydrogen) atoms. The summed E-state index contributed by atoms with van der Waals surface area (Å²) < 4.78 is 0. The monoisotopic (exact) mass is 631 g/mol. The average molecular weight is 632 g/mol. The second-order valence-corrected chi connectivity index (χ2v) is 13.5. The van der Waals surface area contributed by atoms with E-state index >= 15 is 0 Å². The molecule has 11 aromatic rings. The lowest BCUT2D eigenvalue weighted by atomic mass is 9.89. The van der Waals surface area contributed by atoms with Crippen LogP contribution in [0.4, 0.5) is 0 Å². The Labute approximate surface area is 289 Å². The molecule has 10 aromatic carbocycles. The smallest absolute Gasteiger partial charge is 0.0709 e. The van der Waals surface area contributed by atoms with E-state index in [9.17, 15) is 0 Å². The molecule has 0 saturated heterocycles. The molecule has 0 radical (unpaired) electrons. The number of benzene rings is 10. The highest BCUT2D eigenvalue weighted by molar-refractivity contribution is 6.26. The minimum atomic E-state index is 0.972. The maximum absolute atomic E-state index is 5.13. The highest BCUT2D eigenvalue weighted by atomic mass is 14.7. The molecular weight excluding hydrogens is 603 g/mol. The van der Waals surface area contributed by atoms with Crippen LogP contribution < -0.4 is 0 Å². The van der Waals surface area contributed by atoms with Gasteiger partial charge in [-0.05, 0) is 99.0 Å². The van der Waals surface area contributed by atoms with Crippen molar-refractivity contribution < 1.29 is 0 Å². The van der Waals surface area contributed by atoms with Gasteiger partial charge >= 0.3 is 0 Å². The summed E-state index contributed by atoms with van der Waals surface area (Å²) in [4.78, 5) is 5.13. The SMILES string of the molecule is c1cc(-c2ccc(-c3ccc4ccc5cccc6ccc3c4c56)cc2)nc(-c2ccc(-c3ccc4ccc5cccc6ccc3c4c56)cc2)c1. The summed E-state index contributed by atoms with van der Waals surface area (Å²) in [5, 5.41) is 15.7. The summed E-state index contributed by atoms with van der Waals surface area (Å²) in [7, 11) is 0. The van der Waals surface area contributed by atoms with Crippen LogP contribution in [0, 0.1) is 0 Å². The van der Waals surface area contributed by atoms with Crippen molar-refractivity contribution in [3.8, 4) is 44.8 Å². The molecule has 0 bridgehead atoms. The molecule has 1 heteroatoms. The fourth-order valence-corrected chi connectivity index (χ4v) is 8.37. The molecule has 0 saturated carbocycles. The van der Waals surface area contributed by atoms with Gasteiger partial charge in [-0.3, -0.25) is 0 Å². The average Bonchev–Trinajstić information content (AvgIpc) is 3.19. The topological polar surface area (TPSA) is 12.9 Å². The Morgan fingerprint density at radius 2 is 0.560 bits per heavy atom. The maximum atomic E-state index is 5.13. The van der Waals surface area contributed by atoms with Gasteiger partial charge in [0.25, 0.3) is 0 Å². The second kappa shape index (κ2) is 10.5. The Bertz CT molecular complexity index is 2820. The zero-order valence-electron chi connectivity index (χ0n) is 27.2. The van der Waals surface area contributed by atoms with Crippen LogP contribution in [-0.4, -0.2) is 4.98 Å². The van der Waals surface area contributed by atoms with E-state index in [2.05, 4.69) is 176 Å². The molecule has 0 amide bonds. The molecule has 0 aliphatic rings.